The lowest BCUT2D eigenvalue weighted by molar-refractivity contribution is 1.14. The van der Waals surface area contributed by atoms with E-state index in [1.807, 2.05) is 12.1 Å². The minimum atomic E-state index is 0.378. The third-order valence-corrected chi connectivity index (χ3v) is 2.48. The molecule has 0 bridgehead atoms. The molecule has 0 radical (unpaired) electrons. The summed E-state index contributed by atoms with van der Waals surface area (Å²) in [5, 5.41) is 9.78. The van der Waals surface area contributed by atoms with Gasteiger partial charge in [0.05, 0.1) is 23.7 Å². The summed E-state index contributed by atoms with van der Waals surface area (Å²) in [6.45, 7) is 4.14. The van der Waals surface area contributed by atoms with Crippen LogP contribution in [0.5, 0.6) is 0 Å². The molecule has 0 unspecified atom stereocenters. The van der Waals surface area contributed by atoms with Crippen LogP contribution in [0.3, 0.4) is 0 Å². The fraction of sp³-hybridized carbons (Fsp3) is 0.231. The number of pyridine rings is 1. The Balaban J connectivity index is 2.66. The number of rotatable bonds is 1. The quantitative estimate of drug-likeness (QED) is 0.703. The third kappa shape index (κ3) is 1.82. The first kappa shape index (κ1) is 9.67. The number of hydrogen-bond donors (Lipinski definition) is 0. The predicted molar refractivity (Wildman–Crippen MR) is 60.5 cm³/mol. The Morgan fingerprint density at radius 1 is 1.27 bits per heavy atom. The lowest BCUT2D eigenvalue weighted by Gasteiger charge is -2.04. The normalized spacial score (nSPS) is 10.2. The van der Waals surface area contributed by atoms with Crippen LogP contribution in [0, 0.1) is 25.2 Å². The summed E-state index contributed by atoms with van der Waals surface area (Å²) in [5.41, 5.74) is 4.28. The largest absolute Gasteiger partial charge is 0.252 e. The van der Waals surface area contributed by atoms with Crippen molar-refractivity contribution >= 4 is 10.9 Å². The molecular formula is C13H12N2. The topological polar surface area (TPSA) is 36.7 Å². The molecule has 2 nitrogen and oxygen atoms in total. The lowest BCUT2D eigenvalue weighted by Crippen LogP contribution is -1.90. The summed E-state index contributed by atoms with van der Waals surface area (Å²) in [4.78, 5) is 4.46. The molecule has 0 amide bonds. The summed E-state index contributed by atoms with van der Waals surface area (Å²) in [7, 11) is 0. The molecule has 15 heavy (non-hydrogen) atoms. The Labute approximate surface area is 89.2 Å². The van der Waals surface area contributed by atoms with E-state index >= 15 is 0 Å². The first-order chi connectivity index (χ1) is 7.20. The van der Waals surface area contributed by atoms with E-state index in [-0.39, 0.29) is 0 Å². The van der Waals surface area contributed by atoms with Crippen molar-refractivity contribution < 1.29 is 0 Å². The molecule has 0 aliphatic heterocycles. The van der Waals surface area contributed by atoms with Crippen molar-refractivity contribution in [3.05, 3.63) is 41.1 Å². The zero-order chi connectivity index (χ0) is 10.8. The van der Waals surface area contributed by atoms with E-state index in [0.717, 1.165) is 11.2 Å². The maximum absolute atomic E-state index is 8.61. The van der Waals surface area contributed by atoms with Gasteiger partial charge in [0.1, 0.15) is 0 Å². The van der Waals surface area contributed by atoms with E-state index in [4.69, 9.17) is 5.26 Å². The van der Waals surface area contributed by atoms with Gasteiger partial charge in [-0.25, -0.2) is 0 Å². The maximum Gasteiger partial charge on any atom is 0.0774 e. The second kappa shape index (κ2) is 3.70. The molecule has 0 aliphatic rings. The Kier molecular flexibility index (Phi) is 2.39. The highest BCUT2D eigenvalue weighted by atomic mass is 14.7. The van der Waals surface area contributed by atoms with Crippen LogP contribution < -0.4 is 0 Å². The van der Waals surface area contributed by atoms with Crippen LogP contribution in [0.25, 0.3) is 10.9 Å². The molecule has 1 heterocycles. The standard InChI is InChI=1S/C13H12N2/c1-9-7-10(2)12-4-3-11(5-6-14)15-13(12)8-9/h3-4,7-8H,5H2,1-2H3. The van der Waals surface area contributed by atoms with Crippen molar-refractivity contribution in [3.63, 3.8) is 0 Å². The second-order valence-electron chi connectivity index (χ2n) is 3.79. The highest BCUT2D eigenvalue weighted by Crippen LogP contribution is 2.19. The van der Waals surface area contributed by atoms with E-state index in [0.29, 0.717) is 6.42 Å². The number of nitriles is 1. The number of benzene rings is 1. The molecule has 0 aliphatic carbocycles. The zero-order valence-electron chi connectivity index (χ0n) is 8.91. The summed E-state index contributed by atoms with van der Waals surface area (Å²) in [6.07, 6.45) is 0.378. The lowest BCUT2D eigenvalue weighted by atomic mass is 10.1. The highest BCUT2D eigenvalue weighted by molar-refractivity contribution is 5.82. The highest BCUT2D eigenvalue weighted by Gasteiger charge is 2.01. The van der Waals surface area contributed by atoms with Gasteiger partial charge in [-0.05, 0) is 37.1 Å². The molecule has 2 heteroatoms. The fourth-order valence-corrected chi connectivity index (χ4v) is 1.82. The van der Waals surface area contributed by atoms with Crippen LogP contribution in [0.4, 0.5) is 0 Å². The van der Waals surface area contributed by atoms with Crippen LogP contribution in [0.1, 0.15) is 16.8 Å². The number of aromatic nitrogens is 1. The maximum atomic E-state index is 8.61. The smallest absolute Gasteiger partial charge is 0.0774 e. The van der Waals surface area contributed by atoms with Gasteiger partial charge in [0, 0.05) is 5.39 Å². The molecule has 74 valence electrons. The molecule has 1 aromatic heterocycles. The van der Waals surface area contributed by atoms with Crippen molar-refractivity contribution in [2.75, 3.05) is 0 Å². The predicted octanol–water partition coefficient (Wildman–Crippen LogP) is 2.92. The minimum absolute atomic E-state index is 0.378. The summed E-state index contributed by atoms with van der Waals surface area (Å²) in [6, 6.07) is 10.3. The van der Waals surface area contributed by atoms with E-state index in [9.17, 15) is 0 Å². The van der Waals surface area contributed by atoms with Crippen LogP contribution >= 0.6 is 0 Å². The molecule has 0 saturated carbocycles. The molecule has 0 spiro atoms. The second-order valence-corrected chi connectivity index (χ2v) is 3.79. The minimum Gasteiger partial charge on any atom is -0.252 e. The Morgan fingerprint density at radius 2 is 2.07 bits per heavy atom. The Bertz CT molecular complexity index is 550. The molecule has 0 saturated heterocycles. The number of hydrogen-bond acceptors (Lipinski definition) is 2. The average Bonchev–Trinajstić information content (AvgIpc) is 2.17. The van der Waals surface area contributed by atoms with Crippen molar-refractivity contribution in [2.45, 2.75) is 20.3 Å². The van der Waals surface area contributed by atoms with Gasteiger partial charge in [-0.2, -0.15) is 5.26 Å². The molecular weight excluding hydrogens is 184 g/mol. The van der Waals surface area contributed by atoms with Gasteiger partial charge < -0.3 is 0 Å². The zero-order valence-corrected chi connectivity index (χ0v) is 8.91. The van der Waals surface area contributed by atoms with Gasteiger partial charge in [0.15, 0.2) is 0 Å². The average molecular weight is 196 g/mol. The Hall–Kier alpha value is -1.88. The molecule has 2 aromatic rings. The van der Waals surface area contributed by atoms with Crippen molar-refractivity contribution in [3.8, 4) is 6.07 Å². The van der Waals surface area contributed by atoms with Crippen molar-refractivity contribution in [1.29, 1.82) is 5.26 Å². The fourth-order valence-electron chi connectivity index (χ4n) is 1.82. The molecule has 0 fully saturated rings. The van der Waals surface area contributed by atoms with E-state index in [1.54, 1.807) is 0 Å². The molecule has 2 rings (SSSR count). The number of aryl methyl sites for hydroxylation is 2. The van der Waals surface area contributed by atoms with Gasteiger partial charge in [-0.15, -0.1) is 0 Å². The van der Waals surface area contributed by atoms with Crippen LogP contribution in [0.2, 0.25) is 0 Å². The van der Waals surface area contributed by atoms with Crippen LogP contribution in [-0.4, -0.2) is 4.98 Å². The first-order valence-corrected chi connectivity index (χ1v) is 4.94. The molecule has 1 aromatic carbocycles. The van der Waals surface area contributed by atoms with Gasteiger partial charge in [-0.3, -0.25) is 4.98 Å². The summed E-state index contributed by atoms with van der Waals surface area (Å²) >= 11 is 0. The number of fused-ring (bicyclic) bond motifs is 1. The summed E-state index contributed by atoms with van der Waals surface area (Å²) < 4.78 is 0. The first-order valence-electron chi connectivity index (χ1n) is 4.94. The SMILES string of the molecule is Cc1cc(C)c2ccc(CC#N)nc2c1. The number of nitrogens with zero attached hydrogens (tertiary/aromatic N) is 2. The van der Waals surface area contributed by atoms with Crippen molar-refractivity contribution in [1.82, 2.24) is 4.98 Å². The van der Waals surface area contributed by atoms with E-state index in [2.05, 4.69) is 37.0 Å². The van der Waals surface area contributed by atoms with E-state index in [1.165, 1.54) is 16.5 Å². The Morgan fingerprint density at radius 3 is 2.80 bits per heavy atom. The van der Waals surface area contributed by atoms with E-state index < -0.39 is 0 Å². The van der Waals surface area contributed by atoms with Gasteiger partial charge >= 0.3 is 0 Å². The molecule has 0 N–H and O–H groups in total. The van der Waals surface area contributed by atoms with Gasteiger partial charge in [0.2, 0.25) is 0 Å². The summed E-state index contributed by atoms with van der Waals surface area (Å²) in [5.74, 6) is 0. The van der Waals surface area contributed by atoms with Gasteiger partial charge in [-0.1, -0.05) is 12.1 Å². The van der Waals surface area contributed by atoms with Crippen molar-refractivity contribution in [2.24, 2.45) is 0 Å². The van der Waals surface area contributed by atoms with Crippen LogP contribution in [-0.2, 0) is 6.42 Å². The van der Waals surface area contributed by atoms with Gasteiger partial charge in [0.25, 0.3) is 0 Å². The monoisotopic (exact) mass is 196 g/mol. The third-order valence-electron chi connectivity index (χ3n) is 2.48. The molecule has 0 atom stereocenters. The van der Waals surface area contributed by atoms with Crippen LogP contribution in [0.15, 0.2) is 24.3 Å².